The summed E-state index contributed by atoms with van der Waals surface area (Å²) >= 11 is 0. The van der Waals surface area contributed by atoms with Gasteiger partial charge in [0.05, 0.1) is 13.2 Å². The number of ether oxygens (including phenoxy) is 4. The molecule has 338 valence electrons. The summed E-state index contributed by atoms with van der Waals surface area (Å²) in [6, 6.07) is 0. The smallest absolute Gasteiger partial charge is 0.306 e. The number of esters is 2. The number of carbonyl (C=O) groups is 2. The molecule has 1 heterocycles. The van der Waals surface area contributed by atoms with Crippen molar-refractivity contribution in [3.63, 3.8) is 0 Å². The summed E-state index contributed by atoms with van der Waals surface area (Å²) in [6.45, 7) is 3.24. The molecule has 1 aliphatic rings. The number of carbonyl (C=O) groups excluding carboxylic acids is 2. The Morgan fingerprint density at radius 3 is 1.51 bits per heavy atom. The molecule has 1 rings (SSSR count). The third-order valence-electron chi connectivity index (χ3n) is 10.1. The molecule has 10 nitrogen and oxygen atoms in total. The maximum absolute atomic E-state index is 12.8. The highest BCUT2D eigenvalue weighted by Gasteiger charge is 2.44. The number of hydrogen-bond donors (Lipinski definition) is 4. The zero-order chi connectivity index (χ0) is 43.0. The van der Waals surface area contributed by atoms with Gasteiger partial charge >= 0.3 is 11.9 Å². The monoisotopic (exact) mass is 831 g/mol. The highest BCUT2D eigenvalue weighted by atomic mass is 16.7. The third kappa shape index (κ3) is 30.8. The van der Waals surface area contributed by atoms with E-state index in [2.05, 4.69) is 86.8 Å². The van der Waals surface area contributed by atoms with Crippen molar-refractivity contribution in [1.29, 1.82) is 0 Å². The molecular formula is C49H82O10. The van der Waals surface area contributed by atoms with E-state index in [1.165, 1.54) is 25.7 Å². The van der Waals surface area contributed by atoms with Gasteiger partial charge in [-0.2, -0.15) is 0 Å². The van der Waals surface area contributed by atoms with Crippen molar-refractivity contribution in [3.8, 4) is 0 Å². The van der Waals surface area contributed by atoms with Crippen LogP contribution in [-0.2, 0) is 28.5 Å². The Balaban J connectivity index is 2.35. The van der Waals surface area contributed by atoms with E-state index in [-0.39, 0.29) is 26.1 Å². The van der Waals surface area contributed by atoms with Gasteiger partial charge in [-0.1, -0.05) is 145 Å². The molecule has 0 aromatic rings. The van der Waals surface area contributed by atoms with Crippen molar-refractivity contribution in [2.45, 2.75) is 205 Å². The number of aliphatic hydroxyl groups is 4. The molecule has 0 saturated carbocycles. The molecule has 0 aliphatic carbocycles. The molecule has 4 N–H and O–H groups in total. The highest BCUT2D eigenvalue weighted by Crippen LogP contribution is 2.22. The predicted molar refractivity (Wildman–Crippen MR) is 238 cm³/mol. The van der Waals surface area contributed by atoms with Crippen molar-refractivity contribution in [3.05, 3.63) is 72.9 Å². The summed E-state index contributed by atoms with van der Waals surface area (Å²) in [7, 11) is 0. The Bertz CT molecular complexity index is 1190. The first-order valence-corrected chi connectivity index (χ1v) is 23.0. The average Bonchev–Trinajstić information content (AvgIpc) is 3.23. The largest absolute Gasteiger partial charge is 0.462 e. The topological polar surface area (TPSA) is 152 Å². The lowest BCUT2D eigenvalue weighted by atomic mass is 9.99. The first-order valence-electron chi connectivity index (χ1n) is 23.0. The lowest BCUT2D eigenvalue weighted by Crippen LogP contribution is -2.59. The van der Waals surface area contributed by atoms with E-state index >= 15 is 0 Å². The molecule has 59 heavy (non-hydrogen) atoms. The Morgan fingerprint density at radius 2 is 1.00 bits per heavy atom. The van der Waals surface area contributed by atoms with Gasteiger partial charge in [-0.25, -0.2) is 0 Å². The predicted octanol–water partition coefficient (Wildman–Crippen LogP) is 10.00. The Hall–Kier alpha value is -2.86. The van der Waals surface area contributed by atoms with Gasteiger partial charge in [0.15, 0.2) is 12.4 Å². The van der Waals surface area contributed by atoms with Crippen LogP contribution in [0.25, 0.3) is 0 Å². The van der Waals surface area contributed by atoms with Gasteiger partial charge in [0, 0.05) is 12.8 Å². The van der Waals surface area contributed by atoms with Crippen molar-refractivity contribution in [2.24, 2.45) is 0 Å². The molecule has 10 heteroatoms. The summed E-state index contributed by atoms with van der Waals surface area (Å²) < 4.78 is 22.1. The van der Waals surface area contributed by atoms with Crippen LogP contribution in [0.4, 0.5) is 0 Å². The maximum atomic E-state index is 12.8. The van der Waals surface area contributed by atoms with Gasteiger partial charge in [0.1, 0.15) is 31.0 Å². The lowest BCUT2D eigenvalue weighted by Gasteiger charge is -2.39. The number of aliphatic hydroxyl groups excluding tert-OH is 4. The van der Waals surface area contributed by atoms with Crippen LogP contribution in [0.3, 0.4) is 0 Å². The van der Waals surface area contributed by atoms with Crippen LogP contribution in [0, 0.1) is 0 Å². The van der Waals surface area contributed by atoms with Crippen molar-refractivity contribution in [1.82, 2.24) is 0 Å². The normalized spacial score (nSPS) is 20.7. The highest BCUT2D eigenvalue weighted by molar-refractivity contribution is 5.70. The second-order valence-corrected chi connectivity index (χ2v) is 15.5. The van der Waals surface area contributed by atoms with E-state index in [9.17, 15) is 30.0 Å². The molecule has 0 aromatic heterocycles. The van der Waals surface area contributed by atoms with Gasteiger partial charge in [0.25, 0.3) is 0 Å². The molecule has 0 aromatic carbocycles. The van der Waals surface area contributed by atoms with Crippen molar-refractivity contribution in [2.75, 3.05) is 19.8 Å². The first-order chi connectivity index (χ1) is 28.8. The zero-order valence-corrected chi connectivity index (χ0v) is 36.7. The van der Waals surface area contributed by atoms with Crippen LogP contribution in [0.5, 0.6) is 0 Å². The summed E-state index contributed by atoms with van der Waals surface area (Å²) in [6.07, 6.45) is 41.8. The van der Waals surface area contributed by atoms with Crippen LogP contribution in [0.1, 0.15) is 168 Å². The van der Waals surface area contributed by atoms with E-state index < -0.39 is 55.4 Å². The second kappa shape index (κ2) is 39.3. The average molecular weight is 831 g/mol. The summed E-state index contributed by atoms with van der Waals surface area (Å²) in [4.78, 5) is 25.4. The van der Waals surface area contributed by atoms with Gasteiger partial charge in [-0.15, -0.1) is 0 Å². The van der Waals surface area contributed by atoms with E-state index in [4.69, 9.17) is 18.9 Å². The minimum atomic E-state index is -1.60. The fraction of sp³-hybridized carbons (Fsp3) is 0.714. The van der Waals surface area contributed by atoms with E-state index in [0.717, 1.165) is 103 Å². The van der Waals surface area contributed by atoms with Gasteiger partial charge in [0.2, 0.25) is 0 Å². The standard InChI is InChI=1S/C49H82O10/c1-3-5-7-9-11-13-15-17-19-20-21-22-24-26-28-30-32-34-36-38-45(52)58-42(41-57-49-48(55)47(54)46(53)43(39-50)59-49)40-56-44(51)37-35-33-31-29-27-25-23-18-16-14-12-10-8-6-4-2/h5,7,11-14,17-19,21-23,42-43,46-50,53-55H,3-4,6,8-10,15-16,20,24-41H2,1-2H3/b7-5-,13-11-,14-12-,19-17-,22-21-,23-18-. The Morgan fingerprint density at radius 1 is 0.542 bits per heavy atom. The van der Waals surface area contributed by atoms with Gasteiger partial charge < -0.3 is 39.4 Å². The van der Waals surface area contributed by atoms with Crippen molar-refractivity contribution >= 4 is 11.9 Å². The lowest BCUT2D eigenvalue weighted by molar-refractivity contribution is -0.305. The third-order valence-corrected chi connectivity index (χ3v) is 10.1. The SMILES string of the molecule is CC/C=C\C/C=C\C/C=C\C/C=C\CCCCCCCCC(=O)OC(COC(=O)CCCCCCC/C=C\C/C=C\CCCCC)COC1OC(CO)C(O)C(O)C1O. The summed E-state index contributed by atoms with van der Waals surface area (Å²) in [5, 5.41) is 40.1. The molecule has 1 aliphatic heterocycles. The minimum absolute atomic E-state index is 0.207. The molecule has 6 atom stereocenters. The number of rotatable bonds is 37. The zero-order valence-electron chi connectivity index (χ0n) is 36.7. The molecule has 0 radical (unpaired) electrons. The van der Waals surface area contributed by atoms with Gasteiger partial charge in [-0.05, 0) is 83.5 Å². The van der Waals surface area contributed by atoms with Crippen LogP contribution in [-0.4, -0.2) is 89.0 Å². The second-order valence-electron chi connectivity index (χ2n) is 15.5. The van der Waals surface area contributed by atoms with E-state index in [1.54, 1.807) is 0 Å². The fourth-order valence-electron chi connectivity index (χ4n) is 6.44. The van der Waals surface area contributed by atoms with E-state index in [1.807, 2.05) is 0 Å². The van der Waals surface area contributed by atoms with Gasteiger partial charge in [-0.3, -0.25) is 9.59 Å². The number of allylic oxidation sites excluding steroid dienone is 12. The fourth-order valence-corrected chi connectivity index (χ4v) is 6.44. The quantitative estimate of drug-likeness (QED) is 0.0271. The molecule has 1 saturated heterocycles. The van der Waals surface area contributed by atoms with Crippen molar-refractivity contribution < 1.29 is 49.0 Å². The van der Waals surface area contributed by atoms with Crippen LogP contribution < -0.4 is 0 Å². The van der Waals surface area contributed by atoms with Crippen LogP contribution in [0.2, 0.25) is 0 Å². The summed E-state index contributed by atoms with van der Waals surface area (Å²) in [5.74, 6) is -0.844. The first kappa shape index (κ1) is 54.2. The molecule has 0 spiro atoms. The molecule has 0 amide bonds. The number of hydrogen-bond acceptors (Lipinski definition) is 10. The Labute approximate surface area is 357 Å². The molecule has 6 unspecified atom stereocenters. The molecule has 1 fully saturated rings. The molecular weight excluding hydrogens is 749 g/mol. The Kier molecular flexibility index (Phi) is 36.1. The van der Waals surface area contributed by atoms with E-state index in [0.29, 0.717) is 12.8 Å². The molecule has 0 bridgehead atoms. The van der Waals surface area contributed by atoms with Crippen LogP contribution >= 0.6 is 0 Å². The van der Waals surface area contributed by atoms with Crippen LogP contribution in [0.15, 0.2) is 72.9 Å². The minimum Gasteiger partial charge on any atom is -0.462 e. The number of unbranched alkanes of at least 4 members (excludes halogenated alkanes) is 14. The maximum Gasteiger partial charge on any atom is 0.306 e. The summed E-state index contributed by atoms with van der Waals surface area (Å²) in [5.41, 5.74) is 0.